The SMILES string of the molecule is CCCCCNC(=O)COC(=O)c1sc(-c2ccc(F)cc2)nc1C. The van der Waals surface area contributed by atoms with Crippen LogP contribution in [0.3, 0.4) is 0 Å². The van der Waals surface area contributed by atoms with E-state index in [1.165, 1.54) is 12.1 Å². The standard InChI is InChI=1S/C18H21FN2O3S/c1-3-4-5-10-20-15(22)11-24-18(23)16-12(2)21-17(25-16)13-6-8-14(19)9-7-13/h6-9H,3-5,10-11H2,1-2H3,(H,20,22). The van der Waals surface area contributed by atoms with Gasteiger partial charge in [-0.2, -0.15) is 0 Å². The first-order chi connectivity index (χ1) is 12.0. The predicted octanol–water partition coefficient (Wildman–Crippen LogP) is 3.72. The molecule has 0 aliphatic rings. The minimum atomic E-state index is -0.577. The van der Waals surface area contributed by atoms with Crippen molar-refractivity contribution in [1.82, 2.24) is 10.3 Å². The number of benzene rings is 1. The lowest BCUT2D eigenvalue weighted by Gasteiger charge is -2.05. The van der Waals surface area contributed by atoms with Gasteiger partial charge in [0.2, 0.25) is 0 Å². The molecule has 0 aliphatic carbocycles. The highest BCUT2D eigenvalue weighted by Gasteiger charge is 2.18. The Labute approximate surface area is 150 Å². The van der Waals surface area contributed by atoms with Crippen LogP contribution in [0.4, 0.5) is 4.39 Å². The lowest BCUT2D eigenvalue weighted by Crippen LogP contribution is -2.29. The zero-order chi connectivity index (χ0) is 18.2. The van der Waals surface area contributed by atoms with E-state index in [9.17, 15) is 14.0 Å². The van der Waals surface area contributed by atoms with Crippen molar-refractivity contribution < 1.29 is 18.7 Å². The zero-order valence-corrected chi connectivity index (χ0v) is 15.1. The fourth-order valence-corrected chi connectivity index (χ4v) is 3.12. The van der Waals surface area contributed by atoms with Gasteiger partial charge >= 0.3 is 5.97 Å². The quantitative estimate of drug-likeness (QED) is 0.573. The van der Waals surface area contributed by atoms with Crippen LogP contribution in [0.5, 0.6) is 0 Å². The number of esters is 1. The number of thiazole rings is 1. The maximum Gasteiger partial charge on any atom is 0.350 e. The Morgan fingerprint density at radius 3 is 2.64 bits per heavy atom. The molecule has 1 N–H and O–H groups in total. The molecule has 7 heteroatoms. The van der Waals surface area contributed by atoms with Gasteiger partial charge in [0, 0.05) is 12.1 Å². The molecule has 0 saturated carbocycles. The Kier molecular flexibility index (Phi) is 7.06. The molecule has 0 aliphatic heterocycles. The molecular formula is C18H21FN2O3S. The van der Waals surface area contributed by atoms with Crippen molar-refractivity contribution in [2.45, 2.75) is 33.1 Å². The highest BCUT2D eigenvalue weighted by molar-refractivity contribution is 7.17. The van der Waals surface area contributed by atoms with E-state index in [0.717, 1.165) is 36.2 Å². The van der Waals surface area contributed by atoms with Crippen LogP contribution in [0.2, 0.25) is 0 Å². The number of aromatic nitrogens is 1. The molecule has 0 saturated heterocycles. The third kappa shape index (κ3) is 5.63. The van der Waals surface area contributed by atoms with E-state index in [4.69, 9.17) is 4.74 Å². The molecule has 0 unspecified atom stereocenters. The molecule has 25 heavy (non-hydrogen) atoms. The Balaban J connectivity index is 1.91. The lowest BCUT2D eigenvalue weighted by atomic mass is 10.2. The molecule has 1 aromatic carbocycles. The van der Waals surface area contributed by atoms with Crippen LogP contribution in [-0.4, -0.2) is 30.0 Å². The minimum Gasteiger partial charge on any atom is -0.451 e. The van der Waals surface area contributed by atoms with Gasteiger partial charge in [-0.1, -0.05) is 19.8 Å². The Bertz CT molecular complexity index is 728. The molecule has 2 aromatic rings. The summed E-state index contributed by atoms with van der Waals surface area (Å²) in [5, 5.41) is 3.32. The van der Waals surface area contributed by atoms with Crippen molar-refractivity contribution in [3.8, 4) is 10.6 Å². The van der Waals surface area contributed by atoms with Crippen molar-refractivity contribution in [3.05, 3.63) is 40.7 Å². The highest BCUT2D eigenvalue weighted by Crippen LogP contribution is 2.28. The highest BCUT2D eigenvalue weighted by atomic mass is 32.1. The van der Waals surface area contributed by atoms with Crippen LogP contribution >= 0.6 is 11.3 Å². The summed E-state index contributed by atoms with van der Waals surface area (Å²) in [5.74, 6) is -1.22. The Morgan fingerprint density at radius 2 is 1.96 bits per heavy atom. The summed E-state index contributed by atoms with van der Waals surface area (Å²) >= 11 is 1.16. The minimum absolute atomic E-state index is 0.311. The smallest absolute Gasteiger partial charge is 0.350 e. The van der Waals surface area contributed by atoms with E-state index in [1.807, 2.05) is 0 Å². The second kappa shape index (κ2) is 9.27. The normalized spacial score (nSPS) is 10.5. The number of amides is 1. The van der Waals surface area contributed by atoms with E-state index in [1.54, 1.807) is 19.1 Å². The van der Waals surface area contributed by atoms with E-state index in [-0.39, 0.29) is 18.3 Å². The maximum atomic E-state index is 13.0. The molecule has 0 bridgehead atoms. The van der Waals surface area contributed by atoms with Gasteiger partial charge in [0.25, 0.3) is 5.91 Å². The van der Waals surface area contributed by atoms with Crippen molar-refractivity contribution in [1.29, 1.82) is 0 Å². The number of carbonyl (C=O) groups is 2. The lowest BCUT2D eigenvalue weighted by molar-refractivity contribution is -0.124. The van der Waals surface area contributed by atoms with Gasteiger partial charge in [-0.25, -0.2) is 14.2 Å². The molecule has 0 radical (unpaired) electrons. The number of hydrogen-bond acceptors (Lipinski definition) is 5. The van der Waals surface area contributed by atoms with E-state index in [0.29, 0.717) is 22.1 Å². The Morgan fingerprint density at radius 1 is 1.24 bits per heavy atom. The average Bonchev–Trinajstić information content (AvgIpc) is 2.99. The molecule has 1 amide bonds. The Hall–Kier alpha value is -2.28. The predicted molar refractivity (Wildman–Crippen MR) is 95.1 cm³/mol. The molecular weight excluding hydrogens is 343 g/mol. The molecule has 5 nitrogen and oxygen atoms in total. The first kappa shape index (κ1) is 19.1. The number of aryl methyl sites for hydroxylation is 1. The fourth-order valence-electron chi connectivity index (χ4n) is 2.15. The molecule has 0 atom stereocenters. The first-order valence-electron chi connectivity index (χ1n) is 8.18. The third-order valence-electron chi connectivity index (χ3n) is 3.51. The van der Waals surface area contributed by atoms with E-state index >= 15 is 0 Å². The monoisotopic (exact) mass is 364 g/mol. The van der Waals surface area contributed by atoms with Gasteiger partial charge in [-0.05, 0) is 37.6 Å². The van der Waals surface area contributed by atoms with Gasteiger partial charge < -0.3 is 10.1 Å². The maximum absolute atomic E-state index is 13.0. The van der Waals surface area contributed by atoms with Crippen LogP contribution in [0, 0.1) is 12.7 Å². The topological polar surface area (TPSA) is 68.3 Å². The van der Waals surface area contributed by atoms with Crippen LogP contribution < -0.4 is 5.32 Å². The van der Waals surface area contributed by atoms with E-state index < -0.39 is 5.97 Å². The summed E-state index contributed by atoms with van der Waals surface area (Å²) in [5.41, 5.74) is 1.25. The van der Waals surface area contributed by atoms with Crippen molar-refractivity contribution >= 4 is 23.2 Å². The molecule has 0 spiro atoms. The fraction of sp³-hybridized carbons (Fsp3) is 0.389. The number of nitrogens with zero attached hydrogens (tertiary/aromatic N) is 1. The zero-order valence-electron chi connectivity index (χ0n) is 14.3. The third-order valence-corrected chi connectivity index (χ3v) is 4.70. The number of rotatable bonds is 8. The van der Waals surface area contributed by atoms with Crippen LogP contribution in [0.15, 0.2) is 24.3 Å². The average molecular weight is 364 g/mol. The number of halogens is 1. The number of nitrogens with one attached hydrogen (secondary N) is 1. The van der Waals surface area contributed by atoms with Gasteiger partial charge in [0.1, 0.15) is 15.7 Å². The van der Waals surface area contributed by atoms with Crippen molar-refractivity contribution in [2.75, 3.05) is 13.2 Å². The van der Waals surface area contributed by atoms with Crippen LogP contribution in [0.1, 0.15) is 41.6 Å². The summed E-state index contributed by atoms with van der Waals surface area (Å²) < 4.78 is 18.0. The van der Waals surface area contributed by atoms with Gasteiger partial charge in [0.05, 0.1) is 5.69 Å². The molecule has 1 heterocycles. The second-order valence-corrected chi connectivity index (χ2v) is 6.57. The van der Waals surface area contributed by atoms with Crippen molar-refractivity contribution in [3.63, 3.8) is 0 Å². The second-order valence-electron chi connectivity index (χ2n) is 5.57. The van der Waals surface area contributed by atoms with Crippen LogP contribution in [-0.2, 0) is 9.53 Å². The van der Waals surface area contributed by atoms with Gasteiger partial charge in [0.15, 0.2) is 6.61 Å². The van der Waals surface area contributed by atoms with E-state index in [2.05, 4.69) is 17.2 Å². The summed E-state index contributed by atoms with van der Waals surface area (Å²) in [6.45, 7) is 4.05. The molecule has 0 fully saturated rings. The molecule has 1 aromatic heterocycles. The molecule has 134 valence electrons. The van der Waals surface area contributed by atoms with Crippen LogP contribution in [0.25, 0.3) is 10.6 Å². The molecule has 2 rings (SSSR count). The number of carbonyl (C=O) groups excluding carboxylic acids is 2. The number of ether oxygens (including phenoxy) is 1. The summed E-state index contributed by atoms with van der Waals surface area (Å²) in [4.78, 5) is 28.5. The van der Waals surface area contributed by atoms with Gasteiger partial charge in [-0.3, -0.25) is 4.79 Å². The van der Waals surface area contributed by atoms with Crippen molar-refractivity contribution in [2.24, 2.45) is 0 Å². The largest absolute Gasteiger partial charge is 0.451 e. The summed E-state index contributed by atoms with van der Waals surface area (Å²) in [6, 6.07) is 5.89. The first-order valence-corrected chi connectivity index (χ1v) is 9.00. The van der Waals surface area contributed by atoms with Gasteiger partial charge in [-0.15, -0.1) is 11.3 Å². The summed E-state index contributed by atoms with van der Waals surface area (Å²) in [7, 11) is 0. The number of unbranched alkanes of at least 4 members (excludes halogenated alkanes) is 2. The summed E-state index contributed by atoms with van der Waals surface area (Å²) in [6.07, 6.45) is 3.03. The number of hydrogen-bond donors (Lipinski definition) is 1.